The Bertz CT molecular complexity index is 1400. The molecule has 2 saturated heterocycles. The molecule has 2 aromatic carbocycles. The van der Waals surface area contributed by atoms with Gasteiger partial charge >= 0.3 is 12.1 Å². The summed E-state index contributed by atoms with van der Waals surface area (Å²) in [5.74, 6) is -1.01. The second-order valence-corrected chi connectivity index (χ2v) is 11.1. The first-order valence-electron chi connectivity index (χ1n) is 14.4. The van der Waals surface area contributed by atoms with Crippen molar-refractivity contribution in [3.8, 4) is 11.1 Å². The summed E-state index contributed by atoms with van der Waals surface area (Å²) in [6.07, 6.45) is 1.60. The van der Waals surface area contributed by atoms with E-state index in [0.717, 1.165) is 54.8 Å². The van der Waals surface area contributed by atoms with Crippen LogP contribution in [0.4, 0.5) is 24.7 Å². The number of carboxylic acid groups (broad SMARTS) is 1. The van der Waals surface area contributed by atoms with Gasteiger partial charge < -0.3 is 15.3 Å². The summed E-state index contributed by atoms with van der Waals surface area (Å²) in [5, 5.41) is 12.1. The van der Waals surface area contributed by atoms with Gasteiger partial charge in [-0.3, -0.25) is 14.5 Å². The number of hydrogen-bond donors (Lipinski definition) is 2. The van der Waals surface area contributed by atoms with Crippen LogP contribution in [-0.2, 0) is 17.5 Å². The van der Waals surface area contributed by atoms with Crippen molar-refractivity contribution in [3.63, 3.8) is 0 Å². The van der Waals surface area contributed by atoms with Crippen molar-refractivity contribution in [1.82, 2.24) is 9.88 Å². The van der Waals surface area contributed by atoms with Crippen LogP contribution in [-0.4, -0.2) is 52.5 Å². The van der Waals surface area contributed by atoms with Crippen LogP contribution in [0.15, 0.2) is 60.8 Å². The third-order valence-electron chi connectivity index (χ3n) is 8.44. The minimum absolute atomic E-state index is 0.312. The average Bonchev–Trinajstić information content (AvgIpc) is 3.44. The number of halogens is 3. The monoisotopic (exact) mass is 580 g/mol. The molecule has 3 heterocycles. The maximum Gasteiger partial charge on any atom is 0.416 e. The lowest BCUT2D eigenvalue weighted by Gasteiger charge is -2.32. The van der Waals surface area contributed by atoms with Crippen LogP contribution in [0.25, 0.3) is 11.1 Å². The fourth-order valence-electron chi connectivity index (χ4n) is 5.98. The molecule has 2 fully saturated rings. The molecule has 1 atom stereocenters. The molecule has 0 saturated carbocycles. The minimum atomic E-state index is -4.41. The van der Waals surface area contributed by atoms with E-state index >= 15 is 0 Å². The predicted molar refractivity (Wildman–Crippen MR) is 155 cm³/mol. The summed E-state index contributed by atoms with van der Waals surface area (Å²) in [6.45, 7) is 5.00. The maximum atomic E-state index is 13.1. The number of rotatable bonds is 8. The molecule has 2 N–H and O–H groups in total. The fraction of sp³-hybridized carbons (Fsp3) is 0.406. The Morgan fingerprint density at radius 1 is 1.00 bits per heavy atom. The number of amides is 1. The van der Waals surface area contributed by atoms with E-state index in [1.807, 2.05) is 18.2 Å². The van der Waals surface area contributed by atoms with Gasteiger partial charge in [0.1, 0.15) is 5.82 Å². The topological polar surface area (TPSA) is 85.8 Å². The van der Waals surface area contributed by atoms with Crippen molar-refractivity contribution in [1.29, 1.82) is 0 Å². The van der Waals surface area contributed by atoms with Crippen LogP contribution in [0.5, 0.6) is 0 Å². The van der Waals surface area contributed by atoms with Gasteiger partial charge in [-0.2, -0.15) is 13.2 Å². The first kappa shape index (κ1) is 29.6. The molecule has 1 aromatic heterocycles. The van der Waals surface area contributed by atoms with E-state index in [1.54, 1.807) is 18.3 Å². The van der Waals surface area contributed by atoms with E-state index in [2.05, 4.69) is 27.0 Å². The smallest absolute Gasteiger partial charge is 0.416 e. The third kappa shape index (κ3) is 6.75. The highest BCUT2D eigenvalue weighted by Crippen LogP contribution is 2.34. The van der Waals surface area contributed by atoms with E-state index in [9.17, 15) is 27.9 Å². The van der Waals surface area contributed by atoms with Gasteiger partial charge in [-0.15, -0.1) is 0 Å². The number of likely N-dealkylation sites (tertiary alicyclic amines) is 1. The van der Waals surface area contributed by atoms with Gasteiger partial charge in [0.15, 0.2) is 0 Å². The molecule has 1 amide bonds. The zero-order chi connectivity index (χ0) is 29.9. The number of carbonyl (C=O) groups is 2. The quantitative estimate of drug-likeness (QED) is 0.309. The summed E-state index contributed by atoms with van der Waals surface area (Å²) >= 11 is 0. The zero-order valence-corrected chi connectivity index (χ0v) is 23.5. The lowest BCUT2D eigenvalue weighted by molar-refractivity contribution is -0.142. The van der Waals surface area contributed by atoms with Gasteiger partial charge in [-0.25, -0.2) is 4.98 Å². The summed E-state index contributed by atoms with van der Waals surface area (Å²) in [4.78, 5) is 33.3. The molecule has 0 bridgehead atoms. The number of pyridine rings is 1. The number of carbonyl (C=O) groups excluding carboxylic acids is 1. The Balaban J connectivity index is 1.33. The molecule has 3 aromatic rings. The van der Waals surface area contributed by atoms with Crippen LogP contribution in [0.3, 0.4) is 0 Å². The van der Waals surface area contributed by atoms with Crippen LogP contribution < -0.4 is 10.2 Å². The third-order valence-corrected chi connectivity index (χ3v) is 8.44. The highest BCUT2D eigenvalue weighted by atomic mass is 19.4. The van der Waals surface area contributed by atoms with Crippen molar-refractivity contribution in [2.75, 3.05) is 29.9 Å². The molecule has 0 aliphatic carbocycles. The molecule has 10 heteroatoms. The number of aromatic nitrogens is 1. The van der Waals surface area contributed by atoms with E-state index in [4.69, 9.17) is 0 Å². The number of nitrogens with zero attached hydrogens (tertiary/aromatic N) is 3. The fourth-order valence-corrected chi connectivity index (χ4v) is 5.98. The maximum absolute atomic E-state index is 13.1. The molecular weight excluding hydrogens is 545 g/mol. The van der Waals surface area contributed by atoms with Crippen molar-refractivity contribution >= 4 is 23.4 Å². The summed E-state index contributed by atoms with van der Waals surface area (Å²) in [6, 6.07) is 14.5. The summed E-state index contributed by atoms with van der Waals surface area (Å²) in [5.41, 5.74) is 2.96. The summed E-state index contributed by atoms with van der Waals surface area (Å²) in [7, 11) is 0. The van der Waals surface area contributed by atoms with Crippen LogP contribution >= 0.6 is 0 Å². The first-order chi connectivity index (χ1) is 20.1. The Labute approximate surface area is 243 Å². The first-order valence-corrected chi connectivity index (χ1v) is 14.4. The van der Waals surface area contributed by atoms with Gasteiger partial charge in [-0.05, 0) is 92.2 Å². The van der Waals surface area contributed by atoms with Crippen molar-refractivity contribution in [2.45, 2.75) is 57.8 Å². The van der Waals surface area contributed by atoms with Crippen LogP contribution in [0.2, 0.25) is 0 Å². The Hall–Kier alpha value is -3.92. The number of nitrogens with one attached hydrogen (secondary N) is 1. The number of benzene rings is 2. The lowest BCUT2D eigenvalue weighted by atomic mass is 9.96. The van der Waals surface area contributed by atoms with Crippen molar-refractivity contribution < 1.29 is 27.9 Å². The molecule has 42 heavy (non-hydrogen) atoms. The number of hydrogen-bond acceptors (Lipinski definition) is 5. The Morgan fingerprint density at radius 3 is 2.31 bits per heavy atom. The normalized spacial score (nSPS) is 18.3. The number of carboxylic acids is 1. The highest BCUT2D eigenvalue weighted by molar-refractivity contribution is 6.04. The van der Waals surface area contributed by atoms with Crippen molar-refractivity contribution in [2.24, 2.45) is 5.92 Å². The second kappa shape index (κ2) is 12.5. The molecule has 1 unspecified atom stereocenters. The lowest BCUT2D eigenvalue weighted by Crippen LogP contribution is -2.36. The second-order valence-electron chi connectivity index (χ2n) is 11.1. The Morgan fingerprint density at radius 2 is 1.69 bits per heavy atom. The summed E-state index contributed by atoms with van der Waals surface area (Å²) < 4.78 is 39.4. The SMILES string of the molecule is CCC1CCCN1Cc1cc(NC(=O)c2ccc(N3CCC(C(=O)O)CC3)cc2)ncc1-c1ccc(C(F)(F)F)cc1. The van der Waals surface area contributed by atoms with E-state index < -0.39 is 17.7 Å². The van der Waals surface area contributed by atoms with Gasteiger partial charge in [0.05, 0.1) is 11.5 Å². The molecule has 222 valence electrons. The zero-order valence-electron chi connectivity index (χ0n) is 23.5. The number of anilines is 2. The van der Waals surface area contributed by atoms with Crippen molar-refractivity contribution in [3.05, 3.63) is 77.5 Å². The van der Waals surface area contributed by atoms with E-state index in [0.29, 0.717) is 55.5 Å². The van der Waals surface area contributed by atoms with Crippen LogP contribution in [0, 0.1) is 5.92 Å². The minimum Gasteiger partial charge on any atom is -0.481 e. The van der Waals surface area contributed by atoms with Gasteiger partial charge in [-0.1, -0.05) is 19.1 Å². The molecule has 7 nitrogen and oxygen atoms in total. The number of aliphatic carboxylic acids is 1. The van der Waals surface area contributed by atoms with E-state index in [1.165, 1.54) is 12.1 Å². The highest BCUT2D eigenvalue weighted by Gasteiger charge is 2.30. The standard InChI is InChI=1S/C32H35F3N4O3/c1-2-26-4-3-15-39(26)20-24-18-29(36-19-28(24)21-5-9-25(10-6-21)32(33,34)35)37-30(40)22-7-11-27(12-8-22)38-16-13-23(14-17-38)31(41)42/h5-12,18-19,23,26H,2-4,13-17,20H2,1H3,(H,41,42)(H,36,37,40). The van der Waals surface area contributed by atoms with Gasteiger partial charge in [0.25, 0.3) is 5.91 Å². The molecule has 0 spiro atoms. The molecular formula is C32H35F3N4O3. The Kier molecular flexibility index (Phi) is 8.82. The predicted octanol–water partition coefficient (Wildman–Crippen LogP) is 6.70. The van der Waals surface area contributed by atoms with Gasteiger partial charge in [0.2, 0.25) is 0 Å². The largest absolute Gasteiger partial charge is 0.481 e. The molecule has 2 aliphatic rings. The molecule has 5 rings (SSSR count). The van der Waals surface area contributed by atoms with E-state index in [-0.39, 0.29) is 11.8 Å². The average molecular weight is 581 g/mol. The van der Waals surface area contributed by atoms with Gasteiger partial charge in [0, 0.05) is 48.7 Å². The molecule has 2 aliphatic heterocycles. The van der Waals surface area contributed by atoms with Crippen LogP contribution in [0.1, 0.15) is 60.5 Å². The number of alkyl halides is 3. The molecule has 0 radical (unpaired) electrons. The number of piperidine rings is 1.